The summed E-state index contributed by atoms with van der Waals surface area (Å²) >= 11 is 0. The Morgan fingerprint density at radius 1 is 1.13 bits per heavy atom. The molecule has 1 aliphatic rings. The van der Waals surface area contributed by atoms with Crippen molar-refractivity contribution in [2.45, 2.75) is 52.1 Å². The topological polar surface area (TPSA) is 66.7 Å². The summed E-state index contributed by atoms with van der Waals surface area (Å²) in [5, 5.41) is 4.02. The van der Waals surface area contributed by atoms with Gasteiger partial charge in [-0.3, -0.25) is 9.59 Å². The van der Waals surface area contributed by atoms with Crippen molar-refractivity contribution < 1.29 is 14.1 Å². The second-order valence-electron chi connectivity index (χ2n) is 7.99. The molecule has 0 radical (unpaired) electrons. The van der Waals surface area contributed by atoms with Crippen LogP contribution < -0.4 is 9.80 Å². The number of anilines is 2. The normalized spacial score (nSPS) is 17.8. The minimum Gasteiger partial charge on any atom is -0.361 e. The van der Waals surface area contributed by atoms with E-state index in [9.17, 15) is 9.59 Å². The van der Waals surface area contributed by atoms with E-state index in [0.29, 0.717) is 17.9 Å². The molecule has 0 N–H and O–H groups in total. The molecule has 0 bridgehead atoms. The van der Waals surface area contributed by atoms with E-state index < -0.39 is 0 Å². The lowest BCUT2D eigenvalue weighted by Gasteiger charge is -2.43. The summed E-state index contributed by atoms with van der Waals surface area (Å²) < 4.78 is 5.34. The quantitative estimate of drug-likeness (QED) is 0.575. The van der Waals surface area contributed by atoms with E-state index in [2.05, 4.69) is 12.1 Å². The molecule has 4 rings (SSSR count). The van der Waals surface area contributed by atoms with E-state index in [-0.39, 0.29) is 23.9 Å². The Morgan fingerprint density at radius 3 is 2.55 bits per heavy atom. The third-order valence-corrected chi connectivity index (χ3v) is 5.74. The zero-order chi connectivity index (χ0) is 22.0. The molecule has 2 heterocycles. The Morgan fingerprint density at radius 2 is 1.84 bits per heavy atom. The fourth-order valence-electron chi connectivity index (χ4n) is 4.41. The minimum atomic E-state index is -0.182. The van der Waals surface area contributed by atoms with E-state index in [1.54, 1.807) is 17.9 Å². The Bertz CT molecular complexity index is 1080. The van der Waals surface area contributed by atoms with Gasteiger partial charge in [0.05, 0.1) is 6.04 Å². The van der Waals surface area contributed by atoms with Gasteiger partial charge in [0.2, 0.25) is 5.91 Å². The van der Waals surface area contributed by atoms with Gasteiger partial charge in [0.15, 0.2) is 5.69 Å². The lowest BCUT2D eigenvalue weighted by molar-refractivity contribution is -0.117. The number of aromatic nitrogens is 1. The summed E-state index contributed by atoms with van der Waals surface area (Å²) in [5.41, 5.74) is 2.92. The fourth-order valence-corrected chi connectivity index (χ4v) is 4.41. The predicted molar refractivity (Wildman–Crippen MR) is 120 cm³/mol. The molecule has 0 fully saturated rings. The lowest BCUT2D eigenvalue weighted by Crippen LogP contribution is -2.47. The average molecular weight is 418 g/mol. The van der Waals surface area contributed by atoms with Gasteiger partial charge in [-0.1, -0.05) is 48.5 Å². The van der Waals surface area contributed by atoms with Gasteiger partial charge in [-0.25, -0.2) is 0 Å². The molecule has 160 valence electrons. The van der Waals surface area contributed by atoms with Crippen LogP contribution in [0.3, 0.4) is 0 Å². The van der Waals surface area contributed by atoms with E-state index >= 15 is 0 Å². The van der Waals surface area contributed by atoms with E-state index in [4.69, 9.17) is 4.52 Å². The van der Waals surface area contributed by atoms with Crippen molar-refractivity contribution in [3.63, 3.8) is 0 Å². The molecule has 6 heteroatoms. The number of rotatable bonds is 5. The summed E-state index contributed by atoms with van der Waals surface area (Å²) in [7, 11) is 0. The summed E-state index contributed by atoms with van der Waals surface area (Å²) in [6.07, 6.45) is 2.30. The predicted octanol–water partition coefficient (Wildman–Crippen LogP) is 5.16. The van der Waals surface area contributed by atoms with Gasteiger partial charge in [0.25, 0.3) is 5.91 Å². The van der Waals surface area contributed by atoms with Gasteiger partial charge in [-0.15, -0.1) is 0 Å². The maximum atomic E-state index is 13.4. The van der Waals surface area contributed by atoms with E-state index in [0.717, 1.165) is 29.8 Å². The number of aryl methyl sites for hydroxylation is 1. The summed E-state index contributed by atoms with van der Waals surface area (Å²) in [6.45, 7) is 5.65. The van der Waals surface area contributed by atoms with Crippen LogP contribution in [-0.4, -0.2) is 23.0 Å². The number of hydrogen-bond acceptors (Lipinski definition) is 4. The fraction of sp³-hybridized carbons (Fsp3) is 0.320. The molecule has 2 amide bonds. The Labute approximate surface area is 182 Å². The number of carbonyl (C=O) groups excluding carboxylic acids is 2. The second-order valence-corrected chi connectivity index (χ2v) is 7.99. The smallest absolute Gasteiger partial charge is 0.280 e. The average Bonchev–Trinajstić information content (AvgIpc) is 3.23. The molecule has 0 saturated carbocycles. The molecule has 31 heavy (non-hydrogen) atoms. The third-order valence-electron chi connectivity index (χ3n) is 5.74. The number of benzene rings is 2. The molecular formula is C25H27N3O3. The van der Waals surface area contributed by atoms with Crippen molar-refractivity contribution in [1.82, 2.24) is 5.16 Å². The van der Waals surface area contributed by atoms with Crippen molar-refractivity contribution in [3.8, 4) is 0 Å². The zero-order valence-electron chi connectivity index (χ0n) is 18.1. The highest BCUT2D eigenvalue weighted by Crippen LogP contribution is 2.42. The molecule has 0 aliphatic carbocycles. The molecule has 6 nitrogen and oxygen atoms in total. The van der Waals surface area contributed by atoms with E-state index in [1.807, 2.05) is 66.4 Å². The van der Waals surface area contributed by atoms with Crippen LogP contribution in [0, 0.1) is 0 Å². The van der Waals surface area contributed by atoms with Crippen LogP contribution in [0.25, 0.3) is 0 Å². The number of fused-ring (bicyclic) bond motifs is 1. The molecular weight excluding hydrogens is 390 g/mol. The number of nitrogens with zero attached hydrogens (tertiary/aromatic N) is 3. The second kappa shape index (κ2) is 8.76. The van der Waals surface area contributed by atoms with Crippen molar-refractivity contribution in [3.05, 3.63) is 77.7 Å². The molecule has 1 aromatic heterocycles. The van der Waals surface area contributed by atoms with Crippen LogP contribution in [0.4, 0.5) is 11.4 Å². The van der Waals surface area contributed by atoms with Crippen LogP contribution in [0.15, 0.2) is 65.2 Å². The standard InChI is InChI=1S/C25H27N3O3/c1-4-10-20-16-22(26-31-20)25(30)27-17(2)15-24(21-13-8-9-14-23(21)27)28(18(3)29)19-11-6-5-7-12-19/h5-9,11-14,16-17,24H,4,10,15H2,1-3H3/t17-,24+/m0/s1. The van der Waals surface area contributed by atoms with Crippen LogP contribution >= 0.6 is 0 Å². The molecule has 1 aliphatic heterocycles. The van der Waals surface area contributed by atoms with Gasteiger partial charge in [-0.05, 0) is 43.5 Å². The first-order valence-electron chi connectivity index (χ1n) is 10.7. The van der Waals surface area contributed by atoms with Crippen LogP contribution in [0.1, 0.15) is 61.5 Å². The monoisotopic (exact) mass is 417 g/mol. The Hall–Kier alpha value is -3.41. The van der Waals surface area contributed by atoms with Crippen LogP contribution in [0.2, 0.25) is 0 Å². The van der Waals surface area contributed by atoms with Gasteiger partial charge < -0.3 is 14.3 Å². The van der Waals surface area contributed by atoms with Crippen LogP contribution in [-0.2, 0) is 11.2 Å². The summed E-state index contributed by atoms with van der Waals surface area (Å²) in [6, 6.07) is 18.9. The molecule has 2 atom stereocenters. The molecule has 0 unspecified atom stereocenters. The van der Waals surface area contributed by atoms with Crippen molar-refractivity contribution in [2.75, 3.05) is 9.80 Å². The van der Waals surface area contributed by atoms with Crippen molar-refractivity contribution in [2.24, 2.45) is 0 Å². The maximum absolute atomic E-state index is 13.4. The first-order valence-corrected chi connectivity index (χ1v) is 10.7. The van der Waals surface area contributed by atoms with Crippen molar-refractivity contribution >= 4 is 23.2 Å². The number of carbonyl (C=O) groups is 2. The third kappa shape index (κ3) is 3.98. The number of amides is 2. The molecule has 2 aromatic carbocycles. The highest BCUT2D eigenvalue weighted by Gasteiger charge is 2.38. The zero-order valence-corrected chi connectivity index (χ0v) is 18.1. The Kier molecular flexibility index (Phi) is 5.89. The minimum absolute atomic E-state index is 0.0290. The summed E-state index contributed by atoms with van der Waals surface area (Å²) in [5.74, 6) is 0.505. The van der Waals surface area contributed by atoms with Gasteiger partial charge in [0.1, 0.15) is 5.76 Å². The van der Waals surface area contributed by atoms with Crippen molar-refractivity contribution in [1.29, 1.82) is 0 Å². The highest BCUT2D eigenvalue weighted by atomic mass is 16.5. The largest absolute Gasteiger partial charge is 0.361 e. The van der Waals surface area contributed by atoms with E-state index in [1.165, 1.54) is 0 Å². The first kappa shape index (κ1) is 20.8. The summed E-state index contributed by atoms with van der Waals surface area (Å²) in [4.78, 5) is 29.7. The molecule has 0 spiro atoms. The Balaban J connectivity index is 1.74. The van der Waals surface area contributed by atoms with Gasteiger partial charge in [0, 0.05) is 36.8 Å². The lowest BCUT2D eigenvalue weighted by atomic mass is 9.89. The molecule has 0 saturated heterocycles. The van der Waals surface area contributed by atoms with Gasteiger partial charge in [-0.2, -0.15) is 0 Å². The first-order chi connectivity index (χ1) is 15.0. The van der Waals surface area contributed by atoms with Crippen LogP contribution in [0.5, 0.6) is 0 Å². The highest BCUT2D eigenvalue weighted by molar-refractivity contribution is 6.06. The molecule has 3 aromatic rings. The number of para-hydroxylation sites is 2. The van der Waals surface area contributed by atoms with Gasteiger partial charge >= 0.3 is 0 Å². The maximum Gasteiger partial charge on any atom is 0.280 e. The number of hydrogen-bond donors (Lipinski definition) is 0. The SMILES string of the molecule is CCCc1cc(C(=O)N2c3ccccc3[C@H](N(C(C)=O)c3ccccc3)C[C@@H]2C)no1.